The van der Waals surface area contributed by atoms with Crippen LogP contribution in [0.5, 0.6) is 0 Å². The van der Waals surface area contributed by atoms with Crippen LogP contribution >= 0.6 is 11.8 Å². The van der Waals surface area contributed by atoms with Crippen molar-refractivity contribution in [2.45, 2.75) is 4.90 Å². The van der Waals surface area contributed by atoms with Crippen molar-refractivity contribution in [3.05, 3.63) is 78.4 Å². The molecule has 1 aromatic heterocycles. The van der Waals surface area contributed by atoms with E-state index in [1.807, 2.05) is 79.1 Å². The molecule has 4 nitrogen and oxygen atoms in total. The summed E-state index contributed by atoms with van der Waals surface area (Å²) in [7, 11) is 0. The van der Waals surface area contributed by atoms with E-state index in [4.69, 9.17) is 4.42 Å². The third-order valence-corrected chi connectivity index (χ3v) is 4.76. The van der Waals surface area contributed by atoms with Gasteiger partial charge in [-0.05, 0) is 60.9 Å². The fourth-order valence-corrected chi connectivity index (χ4v) is 3.08. The zero-order chi connectivity index (χ0) is 17.9. The second kappa shape index (κ2) is 7.06. The lowest BCUT2D eigenvalue weighted by Gasteiger charge is -2.07. The van der Waals surface area contributed by atoms with Gasteiger partial charge in [-0.3, -0.25) is 4.79 Å². The van der Waals surface area contributed by atoms with Gasteiger partial charge in [0, 0.05) is 21.7 Å². The predicted octanol–water partition coefficient (Wildman–Crippen LogP) is 5.47. The molecule has 1 amide bonds. The van der Waals surface area contributed by atoms with Gasteiger partial charge in [-0.2, -0.15) is 0 Å². The summed E-state index contributed by atoms with van der Waals surface area (Å²) >= 11 is 1.65. The Morgan fingerprint density at radius 2 is 1.81 bits per heavy atom. The molecule has 128 valence electrons. The molecule has 0 atom stereocenters. The number of para-hydroxylation sites is 2. The number of oxazole rings is 1. The molecule has 4 aromatic rings. The van der Waals surface area contributed by atoms with Gasteiger partial charge in [-0.1, -0.05) is 18.2 Å². The minimum Gasteiger partial charge on any atom is -0.436 e. The number of nitrogens with one attached hydrogen (secondary N) is 1. The number of aromatic nitrogens is 1. The topological polar surface area (TPSA) is 55.1 Å². The summed E-state index contributed by atoms with van der Waals surface area (Å²) in [5.74, 6) is 0.388. The zero-order valence-corrected chi connectivity index (χ0v) is 14.9. The van der Waals surface area contributed by atoms with Crippen LogP contribution in [0.3, 0.4) is 0 Å². The molecule has 0 aliphatic carbocycles. The van der Waals surface area contributed by atoms with E-state index in [-0.39, 0.29) is 5.91 Å². The summed E-state index contributed by atoms with van der Waals surface area (Å²) in [6, 6.07) is 22.6. The van der Waals surface area contributed by atoms with Crippen molar-refractivity contribution < 1.29 is 9.21 Å². The average Bonchev–Trinajstić information content (AvgIpc) is 3.12. The van der Waals surface area contributed by atoms with Crippen LogP contribution in [-0.4, -0.2) is 17.1 Å². The highest BCUT2D eigenvalue weighted by atomic mass is 32.2. The monoisotopic (exact) mass is 360 g/mol. The lowest BCUT2D eigenvalue weighted by molar-refractivity contribution is 0.102. The minimum absolute atomic E-state index is 0.146. The first-order valence-corrected chi connectivity index (χ1v) is 9.37. The zero-order valence-electron chi connectivity index (χ0n) is 14.1. The Morgan fingerprint density at radius 3 is 2.58 bits per heavy atom. The number of carbonyl (C=O) groups excluding carboxylic acids is 1. The van der Waals surface area contributed by atoms with Crippen molar-refractivity contribution in [3.8, 4) is 11.5 Å². The number of benzene rings is 3. The Bertz CT molecular complexity index is 1040. The molecular weight excluding hydrogens is 344 g/mol. The number of hydrogen-bond donors (Lipinski definition) is 1. The smallest absolute Gasteiger partial charge is 0.255 e. The minimum atomic E-state index is -0.146. The van der Waals surface area contributed by atoms with Crippen LogP contribution in [0.25, 0.3) is 22.6 Å². The average molecular weight is 360 g/mol. The summed E-state index contributed by atoms with van der Waals surface area (Å²) in [6.45, 7) is 0. The molecule has 5 heteroatoms. The van der Waals surface area contributed by atoms with Crippen molar-refractivity contribution in [2.24, 2.45) is 0 Å². The number of thioether (sulfide) groups is 1. The third kappa shape index (κ3) is 3.34. The maximum absolute atomic E-state index is 12.4. The molecule has 0 bridgehead atoms. The first-order chi connectivity index (χ1) is 12.7. The number of carbonyl (C=O) groups is 1. The lowest BCUT2D eigenvalue weighted by atomic mass is 10.1. The molecule has 4 rings (SSSR count). The highest BCUT2D eigenvalue weighted by Gasteiger charge is 2.10. The quantitative estimate of drug-likeness (QED) is 0.490. The van der Waals surface area contributed by atoms with Gasteiger partial charge in [0.1, 0.15) is 5.52 Å². The first kappa shape index (κ1) is 16.4. The van der Waals surface area contributed by atoms with Gasteiger partial charge in [0.25, 0.3) is 5.91 Å². The van der Waals surface area contributed by atoms with Gasteiger partial charge in [-0.25, -0.2) is 4.98 Å². The number of rotatable bonds is 4. The van der Waals surface area contributed by atoms with Gasteiger partial charge in [-0.15, -0.1) is 11.8 Å². The highest BCUT2D eigenvalue weighted by Crippen LogP contribution is 2.26. The van der Waals surface area contributed by atoms with E-state index < -0.39 is 0 Å². The van der Waals surface area contributed by atoms with E-state index in [2.05, 4.69) is 10.3 Å². The number of nitrogens with zero attached hydrogens (tertiary/aromatic N) is 1. The second-order valence-corrected chi connectivity index (χ2v) is 6.63. The molecule has 0 fully saturated rings. The van der Waals surface area contributed by atoms with Crippen molar-refractivity contribution in [1.29, 1.82) is 0 Å². The lowest BCUT2D eigenvalue weighted by Crippen LogP contribution is -2.11. The third-order valence-electron chi connectivity index (χ3n) is 4.01. The molecule has 0 aliphatic rings. The molecule has 0 unspecified atom stereocenters. The van der Waals surface area contributed by atoms with E-state index in [0.717, 1.165) is 21.6 Å². The van der Waals surface area contributed by atoms with Crippen molar-refractivity contribution >= 4 is 34.5 Å². The van der Waals surface area contributed by atoms with Crippen LogP contribution < -0.4 is 5.32 Å². The molecule has 1 N–H and O–H groups in total. The van der Waals surface area contributed by atoms with E-state index in [0.29, 0.717) is 17.1 Å². The van der Waals surface area contributed by atoms with Gasteiger partial charge in [0.2, 0.25) is 5.89 Å². The second-order valence-electron chi connectivity index (χ2n) is 5.75. The van der Waals surface area contributed by atoms with Crippen molar-refractivity contribution in [3.63, 3.8) is 0 Å². The SMILES string of the molecule is CSc1ccc(C(=O)Nc2cccc(-c3nc4ccccc4o3)c2)cc1. The van der Waals surface area contributed by atoms with Gasteiger partial charge in [0.05, 0.1) is 0 Å². The number of amides is 1. The summed E-state index contributed by atoms with van der Waals surface area (Å²) in [5.41, 5.74) is 3.69. The predicted molar refractivity (Wildman–Crippen MR) is 106 cm³/mol. The summed E-state index contributed by atoms with van der Waals surface area (Å²) in [5, 5.41) is 2.92. The molecular formula is C21H16N2O2S. The van der Waals surface area contributed by atoms with Crippen LogP contribution in [0, 0.1) is 0 Å². The molecule has 0 aliphatic heterocycles. The maximum atomic E-state index is 12.4. The Morgan fingerprint density at radius 1 is 1.00 bits per heavy atom. The Kier molecular flexibility index (Phi) is 4.46. The standard InChI is InChI=1S/C21H16N2O2S/c1-26-17-11-9-14(10-12-17)20(24)22-16-6-4-5-15(13-16)21-23-18-7-2-3-8-19(18)25-21/h2-13H,1H3,(H,22,24). The Labute approximate surface area is 155 Å². The van der Waals surface area contributed by atoms with Crippen LogP contribution in [0.4, 0.5) is 5.69 Å². The molecule has 3 aromatic carbocycles. The molecule has 0 saturated carbocycles. The van der Waals surface area contributed by atoms with Crippen LogP contribution in [0.2, 0.25) is 0 Å². The fraction of sp³-hybridized carbons (Fsp3) is 0.0476. The van der Waals surface area contributed by atoms with E-state index in [1.54, 1.807) is 11.8 Å². The first-order valence-electron chi connectivity index (χ1n) is 8.14. The van der Waals surface area contributed by atoms with Crippen LogP contribution in [0.1, 0.15) is 10.4 Å². The van der Waals surface area contributed by atoms with Gasteiger partial charge in [0.15, 0.2) is 5.58 Å². The molecule has 0 radical (unpaired) electrons. The fourth-order valence-electron chi connectivity index (χ4n) is 2.67. The van der Waals surface area contributed by atoms with Crippen molar-refractivity contribution in [2.75, 3.05) is 11.6 Å². The number of anilines is 1. The van der Waals surface area contributed by atoms with E-state index >= 15 is 0 Å². The van der Waals surface area contributed by atoms with Gasteiger partial charge < -0.3 is 9.73 Å². The Hall–Kier alpha value is -3.05. The van der Waals surface area contributed by atoms with Crippen LogP contribution in [-0.2, 0) is 0 Å². The number of fused-ring (bicyclic) bond motifs is 1. The normalized spacial score (nSPS) is 10.8. The highest BCUT2D eigenvalue weighted by molar-refractivity contribution is 7.98. The maximum Gasteiger partial charge on any atom is 0.255 e. The molecule has 26 heavy (non-hydrogen) atoms. The molecule has 0 spiro atoms. The van der Waals surface area contributed by atoms with E-state index in [1.165, 1.54) is 0 Å². The summed E-state index contributed by atoms with van der Waals surface area (Å²) in [6.07, 6.45) is 2.01. The van der Waals surface area contributed by atoms with E-state index in [9.17, 15) is 4.79 Å². The number of hydrogen-bond acceptors (Lipinski definition) is 4. The largest absolute Gasteiger partial charge is 0.436 e. The molecule has 1 heterocycles. The van der Waals surface area contributed by atoms with Crippen LogP contribution in [0.15, 0.2) is 82.1 Å². The van der Waals surface area contributed by atoms with Gasteiger partial charge >= 0.3 is 0 Å². The summed E-state index contributed by atoms with van der Waals surface area (Å²) < 4.78 is 5.80. The molecule has 0 saturated heterocycles. The summed E-state index contributed by atoms with van der Waals surface area (Å²) in [4.78, 5) is 18.1. The van der Waals surface area contributed by atoms with Crippen molar-refractivity contribution in [1.82, 2.24) is 4.98 Å². The Balaban J connectivity index is 1.57.